The van der Waals surface area contributed by atoms with Crippen molar-refractivity contribution in [1.82, 2.24) is 15.1 Å². The van der Waals surface area contributed by atoms with E-state index in [2.05, 4.69) is 10.4 Å². The van der Waals surface area contributed by atoms with Crippen LogP contribution in [0.2, 0.25) is 0 Å². The minimum Gasteiger partial charge on any atom is -0.458 e. The largest absolute Gasteiger partial charge is 0.458 e. The summed E-state index contributed by atoms with van der Waals surface area (Å²) in [5, 5.41) is 21.2. The van der Waals surface area contributed by atoms with Gasteiger partial charge in [-0.25, -0.2) is 4.39 Å². The summed E-state index contributed by atoms with van der Waals surface area (Å²) in [6.07, 6.45) is -0.976. The zero-order valence-corrected chi connectivity index (χ0v) is 16.3. The highest BCUT2D eigenvalue weighted by molar-refractivity contribution is 7.08. The zero-order valence-electron chi connectivity index (χ0n) is 15.5. The van der Waals surface area contributed by atoms with Crippen molar-refractivity contribution in [2.24, 2.45) is 7.05 Å². The molecule has 0 saturated carbocycles. The van der Waals surface area contributed by atoms with E-state index in [-0.39, 0.29) is 18.3 Å². The predicted molar refractivity (Wildman–Crippen MR) is 108 cm³/mol. The number of rotatable bonds is 6. The Kier molecular flexibility index (Phi) is 5.28. The second-order valence-corrected chi connectivity index (χ2v) is 7.27. The van der Waals surface area contributed by atoms with Crippen LogP contribution >= 0.6 is 11.3 Å². The van der Waals surface area contributed by atoms with Crippen LogP contribution in [-0.2, 0) is 7.05 Å². The number of hydrogen-bond acceptors (Lipinski definition) is 5. The number of halogens is 1. The molecule has 0 aliphatic rings. The summed E-state index contributed by atoms with van der Waals surface area (Å²) >= 11 is 1.56. The van der Waals surface area contributed by atoms with Gasteiger partial charge in [-0.1, -0.05) is 0 Å². The van der Waals surface area contributed by atoms with Crippen molar-refractivity contribution in [1.29, 1.82) is 0 Å². The fourth-order valence-electron chi connectivity index (χ4n) is 2.91. The number of carbonyl (C=O) groups is 1. The number of furan rings is 1. The van der Waals surface area contributed by atoms with E-state index in [4.69, 9.17) is 4.42 Å². The molecule has 0 radical (unpaired) electrons. The Morgan fingerprint density at radius 1 is 1.24 bits per heavy atom. The van der Waals surface area contributed by atoms with E-state index in [1.54, 1.807) is 48.7 Å². The van der Waals surface area contributed by atoms with Gasteiger partial charge < -0.3 is 14.8 Å². The smallest absolute Gasteiger partial charge is 0.269 e. The number of hydrogen-bond donors (Lipinski definition) is 2. The van der Waals surface area contributed by atoms with E-state index < -0.39 is 6.10 Å². The maximum absolute atomic E-state index is 13.1. The highest BCUT2D eigenvalue weighted by atomic mass is 32.1. The minimum absolute atomic E-state index is 0.00746. The number of thiophene rings is 1. The van der Waals surface area contributed by atoms with Crippen molar-refractivity contribution in [3.05, 3.63) is 76.6 Å². The number of benzene rings is 1. The van der Waals surface area contributed by atoms with Gasteiger partial charge >= 0.3 is 0 Å². The number of aliphatic hydroxyl groups excluding tert-OH is 1. The molecule has 148 valence electrons. The number of nitrogens with zero attached hydrogens (tertiary/aromatic N) is 2. The van der Waals surface area contributed by atoms with Crippen molar-refractivity contribution in [3.63, 3.8) is 0 Å². The Hall–Kier alpha value is -3.23. The van der Waals surface area contributed by atoms with Crippen LogP contribution in [0.3, 0.4) is 0 Å². The Labute approximate surface area is 170 Å². The number of aromatic nitrogens is 2. The summed E-state index contributed by atoms with van der Waals surface area (Å²) < 4.78 is 20.2. The molecule has 1 atom stereocenters. The lowest BCUT2D eigenvalue weighted by Crippen LogP contribution is -2.29. The maximum Gasteiger partial charge on any atom is 0.269 e. The minimum atomic E-state index is -0.976. The molecule has 0 aliphatic heterocycles. The number of carbonyl (C=O) groups excluding carboxylic acids is 1. The Bertz CT molecular complexity index is 1120. The fraction of sp³-hybridized carbons (Fsp3) is 0.143. The number of aliphatic hydroxyl groups is 1. The first-order chi connectivity index (χ1) is 14.0. The van der Waals surface area contributed by atoms with Gasteiger partial charge in [-0.05, 0) is 53.9 Å². The normalized spacial score (nSPS) is 12.1. The maximum atomic E-state index is 13.1. The van der Waals surface area contributed by atoms with Crippen molar-refractivity contribution < 1.29 is 18.7 Å². The molecule has 6 nitrogen and oxygen atoms in total. The standard InChI is InChI=1S/C21H18FN3O3S/c1-25-17(10-16(24-25)13-2-4-15(22)5-3-13)21(27)23-11-18(26)20-7-6-19(28-20)14-8-9-29-12-14/h2-10,12,18,26H,11H2,1H3,(H,23,27). The van der Waals surface area contributed by atoms with E-state index in [9.17, 15) is 14.3 Å². The highest BCUT2D eigenvalue weighted by Crippen LogP contribution is 2.27. The van der Waals surface area contributed by atoms with Crippen LogP contribution in [0, 0.1) is 5.82 Å². The van der Waals surface area contributed by atoms with Crippen LogP contribution in [0.15, 0.2) is 63.7 Å². The third-order valence-electron chi connectivity index (χ3n) is 4.47. The lowest BCUT2D eigenvalue weighted by Gasteiger charge is -2.09. The molecule has 0 spiro atoms. The Morgan fingerprint density at radius 2 is 2.03 bits per heavy atom. The van der Waals surface area contributed by atoms with E-state index in [0.717, 1.165) is 5.56 Å². The lowest BCUT2D eigenvalue weighted by molar-refractivity contribution is 0.0892. The van der Waals surface area contributed by atoms with Crippen molar-refractivity contribution in [3.8, 4) is 22.6 Å². The SMILES string of the molecule is Cn1nc(-c2ccc(F)cc2)cc1C(=O)NCC(O)c1ccc(-c2ccsc2)o1. The third kappa shape index (κ3) is 4.13. The molecule has 1 aromatic carbocycles. The first-order valence-corrected chi connectivity index (χ1v) is 9.84. The first-order valence-electron chi connectivity index (χ1n) is 8.90. The molecular weight excluding hydrogens is 393 g/mol. The second-order valence-electron chi connectivity index (χ2n) is 6.49. The molecule has 8 heteroatoms. The summed E-state index contributed by atoms with van der Waals surface area (Å²) in [4.78, 5) is 12.5. The van der Waals surface area contributed by atoms with E-state index >= 15 is 0 Å². The summed E-state index contributed by atoms with van der Waals surface area (Å²) in [6, 6.07) is 12.9. The van der Waals surface area contributed by atoms with E-state index in [1.807, 2.05) is 16.8 Å². The second kappa shape index (κ2) is 8.02. The van der Waals surface area contributed by atoms with Crippen molar-refractivity contribution in [2.45, 2.75) is 6.10 Å². The summed E-state index contributed by atoms with van der Waals surface area (Å²) in [7, 11) is 1.65. The Morgan fingerprint density at radius 3 is 2.76 bits per heavy atom. The van der Waals surface area contributed by atoms with Gasteiger partial charge in [-0.15, -0.1) is 0 Å². The van der Waals surface area contributed by atoms with Crippen molar-refractivity contribution in [2.75, 3.05) is 6.54 Å². The molecule has 4 aromatic rings. The molecule has 0 aliphatic carbocycles. The third-order valence-corrected chi connectivity index (χ3v) is 5.15. The molecule has 1 amide bonds. The molecule has 0 fully saturated rings. The predicted octanol–water partition coefficient (Wildman–Crippen LogP) is 4.01. The average molecular weight is 411 g/mol. The summed E-state index contributed by atoms with van der Waals surface area (Å²) in [5.74, 6) is 0.333. The van der Waals surface area contributed by atoms with Gasteiger partial charge in [-0.3, -0.25) is 9.48 Å². The lowest BCUT2D eigenvalue weighted by atomic mass is 10.1. The van der Waals surface area contributed by atoms with Crippen LogP contribution in [0.1, 0.15) is 22.4 Å². The van der Waals surface area contributed by atoms with Crippen LogP contribution in [0.5, 0.6) is 0 Å². The Balaban J connectivity index is 1.41. The van der Waals surface area contributed by atoms with E-state index in [0.29, 0.717) is 28.5 Å². The van der Waals surface area contributed by atoms with E-state index in [1.165, 1.54) is 16.8 Å². The monoisotopic (exact) mass is 411 g/mol. The number of aryl methyl sites for hydroxylation is 1. The molecule has 29 heavy (non-hydrogen) atoms. The molecule has 2 N–H and O–H groups in total. The number of amides is 1. The highest BCUT2D eigenvalue weighted by Gasteiger charge is 2.18. The molecule has 4 rings (SSSR count). The van der Waals surface area contributed by atoms with Gasteiger partial charge in [0.2, 0.25) is 0 Å². The summed E-state index contributed by atoms with van der Waals surface area (Å²) in [5.41, 5.74) is 2.54. The van der Waals surface area contributed by atoms with Crippen LogP contribution in [-0.4, -0.2) is 27.3 Å². The fourth-order valence-corrected chi connectivity index (χ4v) is 3.56. The molecule has 3 heterocycles. The van der Waals surface area contributed by atoms with Crippen LogP contribution in [0.25, 0.3) is 22.6 Å². The quantitative estimate of drug-likeness (QED) is 0.502. The van der Waals surface area contributed by atoms with Gasteiger partial charge in [0.25, 0.3) is 5.91 Å². The molecule has 0 saturated heterocycles. The number of nitrogens with one attached hydrogen (secondary N) is 1. The van der Waals surface area contributed by atoms with Crippen LogP contribution < -0.4 is 5.32 Å². The first kappa shape index (κ1) is 19.1. The summed E-state index contributed by atoms with van der Waals surface area (Å²) in [6.45, 7) is -0.00746. The van der Waals surface area contributed by atoms with Crippen molar-refractivity contribution >= 4 is 17.2 Å². The zero-order chi connectivity index (χ0) is 20.4. The van der Waals surface area contributed by atoms with Crippen LogP contribution in [0.4, 0.5) is 4.39 Å². The van der Waals surface area contributed by atoms with Gasteiger partial charge in [0.15, 0.2) is 0 Å². The average Bonchev–Trinajstić information content (AvgIpc) is 3.46. The molecule has 3 aromatic heterocycles. The molecule has 1 unspecified atom stereocenters. The van der Waals surface area contributed by atoms with Gasteiger partial charge in [-0.2, -0.15) is 16.4 Å². The van der Waals surface area contributed by atoms with Gasteiger partial charge in [0, 0.05) is 23.6 Å². The van der Waals surface area contributed by atoms with Gasteiger partial charge in [0.1, 0.15) is 29.1 Å². The molecular formula is C21H18FN3O3S. The topological polar surface area (TPSA) is 80.3 Å². The van der Waals surface area contributed by atoms with Gasteiger partial charge in [0.05, 0.1) is 12.2 Å². The molecule has 0 bridgehead atoms.